The molecule has 3 aromatic heterocycles. The molecule has 9 nitrogen and oxygen atoms in total. The summed E-state index contributed by atoms with van der Waals surface area (Å²) in [6.45, 7) is 3.40. The molecule has 4 rings (SSSR count). The Kier molecular flexibility index (Phi) is 4.32. The highest BCUT2D eigenvalue weighted by atomic mass is 32.1. The third kappa shape index (κ3) is 3.26. The topological polar surface area (TPSA) is 99.1 Å². The predicted octanol–water partition coefficient (Wildman–Crippen LogP) is 1.32. The lowest BCUT2D eigenvalue weighted by Crippen LogP contribution is -2.34. The Morgan fingerprint density at radius 1 is 1.30 bits per heavy atom. The molecule has 0 radical (unpaired) electrons. The third-order valence-corrected chi connectivity index (χ3v) is 4.82. The number of imidazole rings is 1. The molecule has 138 valence electrons. The Morgan fingerprint density at radius 2 is 2.07 bits per heavy atom. The van der Waals surface area contributed by atoms with Crippen LogP contribution in [0.25, 0.3) is 10.6 Å². The number of hydrogen-bond donors (Lipinski definition) is 1. The highest BCUT2D eigenvalue weighted by Crippen LogP contribution is 2.15. The van der Waals surface area contributed by atoms with Gasteiger partial charge in [0.1, 0.15) is 17.9 Å². The van der Waals surface area contributed by atoms with Crippen molar-refractivity contribution in [3.63, 3.8) is 0 Å². The molecule has 0 aliphatic heterocycles. The molecular formula is C17H17N7O2S. The van der Waals surface area contributed by atoms with E-state index in [4.69, 9.17) is 0 Å². The van der Waals surface area contributed by atoms with Crippen molar-refractivity contribution < 1.29 is 4.79 Å². The molecule has 4 aromatic rings. The van der Waals surface area contributed by atoms with E-state index in [9.17, 15) is 9.59 Å². The van der Waals surface area contributed by atoms with Crippen LogP contribution in [0, 0.1) is 6.92 Å². The molecule has 1 atom stereocenters. The normalized spacial score (nSPS) is 12.4. The van der Waals surface area contributed by atoms with E-state index in [-0.39, 0.29) is 24.2 Å². The van der Waals surface area contributed by atoms with Gasteiger partial charge in [0.2, 0.25) is 10.9 Å². The summed E-state index contributed by atoms with van der Waals surface area (Å²) in [5, 5.41) is 11.2. The molecule has 0 saturated heterocycles. The van der Waals surface area contributed by atoms with Crippen molar-refractivity contribution >= 4 is 22.2 Å². The van der Waals surface area contributed by atoms with Crippen molar-refractivity contribution in [3.8, 4) is 5.69 Å². The van der Waals surface area contributed by atoms with Crippen LogP contribution < -0.4 is 11.0 Å². The number of amides is 1. The molecule has 27 heavy (non-hydrogen) atoms. The number of rotatable bonds is 5. The molecule has 0 saturated carbocycles. The number of fused-ring (bicyclic) bond motifs is 1. The lowest BCUT2D eigenvalue weighted by atomic mass is 10.2. The van der Waals surface area contributed by atoms with Gasteiger partial charge in [-0.05, 0) is 26.0 Å². The molecule has 10 heteroatoms. The van der Waals surface area contributed by atoms with Crippen molar-refractivity contribution in [1.29, 1.82) is 0 Å². The quantitative estimate of drug-likeness (QED) is 0.560. The van der Waals surface area contributed by atoms with E-state index in [0.717, 1.165) is 9.64 Å². The van der Waals surface area contributed by atoms with E-state index in [2.05, 4.69) is 20.5 Å². The highest BCUT2D eigenvalue weighted by molar-refractivity contribution is 7.14. The highest BCUT2D eigenvalue weighted by Gasteiger charge is 2.17. The minimum absolute atomic E-state index is 0.162. The third-order valence-electron chi connectivity index (χ3n) is 4.13. The molecule has 0 fully saturated rings. The summed E-state index contributed by atoms with van der Waals surface area (Å²) in [4.78, 5) is 30.2. The second-order valence-electron chi connectivity index (χ2n) is 6.08. The van der Waals surface area contributed by atoms with E-state index in [0.29, 0.717) is 17.2 Å². The maximum absolute atomic E-state index is 12.6. The Bertz CT molecular complexity index is 1130. The van der Waals surface area contributed by atoms with E-state index < -0.39 is 0 Å². The number of para-hydroxylation sites is 1. The first kappa shape index (κ1) is 17.2. The number of carbonyl (C=O) groups excluding carboxylic acids is 1. The fourth-order valence-electron chi connectivity index (χ4n) is 2.85. The maximum atomic E-state index is 12.6. The maximum Gasteiger partial charge on any atom is 0.351 e. The molecule has 3 heterocycles. The number of hydrogen-bond acceptors (Lipinski definition) is 6. The zero-order valence-corrected chi connectivity index (χ0v) is 15.6. The van der Waals surface area contributed by atoms with Crippen LogP contribution in [-0.4, -0.2) is 34.9 Å². The SMILES string of the molecule is Cc1nn(CC(=O)N[C@H](C)c2cn3ncsc3n2)c(=O)n1-c1ccccc1. The number of benzene rings is 1. The van der Waals surface area contributed by atoms with Gasteiger partial charge in [-0.3, -0.25) is 4.79 Å². The lowest BCUT2D eigenvalue weighted by Gasteiger charge is -2.10. The Morgan fingerprint density at radius 3 is 2.81 bits per heavy atom. The van der Waals surface area contributed by atoms with E-state index in [1.807, 2.05) is 37.3 Å². The number of aromatic nitrogens is 6. The monoisotopic (exact) mass is 383 g/mol. The van der Waals surface area contributed by atoms with E-state index in [1.165, 1.54) is 15.9 Å². The first-order valence-corrected chi connectivity index (χ1v) is 9.21. The average molecular weight is 383 g/mol. The summed E-state index contributed by atoms with van der Waals surface area (Å²) in [7, 11) is 0. The molecule has 0 spiro atoms. The summed E-state index contributed by atoms with van der Waals surface area (Å²) in [5.74, 6) is 0.207. The van der Waals surface area contributed by atoms with E-state index >= 15 is 0 Å². The van der Waals surface area contributed by atoms with Gasteiger partial charge in [0, 0.05) is 0 Å². The number of aryl methyl sites for hydroxylation is 1. The summed E-state index contributed by atoms with van der Waals surface area (Å²) in [6, 6.07) is 8.90. The summed E-state index contributed by atoms with van der Waals surface area (Å²) >= 11 is 1.42. The molecule has 0 aliphatic rings. The van der Waals surface area contributed by atoms with E-state index in [1.54, 1.807) is 23.1 Å². The summed E-state index contributed by atoms with van der Waals surface area (Å²) in [6.07, 6.45) is 1.78. The molecule has 0 aliphatic carbocycles. The fraction of sp³-hybridized carbons (Fsp3) is 0.235. The van der Waals surface area contributed by atoms with Crippen molar-refractivity contribution in [3.05, 3.63) is 64.0 Å². The van der Waals surface area contributed by atoms with Crippen LogP contribution in [0.1, 0.15) is 24.5 Å². The van der Waals surface area contributed by atoms with Gasteiger partial charge >= 0.3 is 5.69 Å². The van der Waals surface area contributed by atoms with Gasteiger partial charge in [0.05, 0.1) is 23.6 Å². The van der Waals surface area contributed by atoms with Crippen molar-refractivity contribution in [2.45, 2.75) is 26.4 Å². The molecule has 0 bridgehead atoms. The molecular weight excluding hydrogens is 366 g/mol. The Hall–Kier alpha value is -3.27. The number of carbonyl (C=O) groups is 1. The smallest absolute Gasteiger partial charge is 0.346 e. The van der Waals surface area contributed by atoms with Crippen LogP contribution in [0.5, 0.6) is 0 Å². The number of nitrogens with one attached hydrogen (secondary N) is 1. The lowest BCUT2D eigenvalue weighted by molar-refractivity contribution is -0.122. The standard InChI is InChI=1S/C17H17N7O2S/c1-11(14-8-22-16(20-14)27-10-18-22)19-15(25)9-23-17(26)24(12(2)21-23)13-6-4-3-5-7-13/h3-8,10-11H,9H2,1-2H3,(H,19,25)/t11-/m1/s1. The summed E-state index contributed by atoms with van der Waals surface area (Å²) < 4.78 is 4.31. The van der Waals surface area contributed by atoms with Crippen molar-refractivity contribution in [2.24, 2.45) is 0 Å². The minimum Gasteiger partial charge on any atom is -0.346 e. The van der Waals surface area contributed by atoms with Crippen LogP contribution >= 0.6 is 11.3 Å². The minimum atomic E-state index is -0.354. The van der Waals surface area contributed by atoms with Gasteiger partial charge in [0.15, 0.2) is 0 Å². The first-order chi connectivity index (χ1) is 13.0. The Balaban J connectivity index is 1.50. The first-order valence-electron chi connectivity index (χ1n) is 8.33. The van der Waals surface area contributed by atoms with Crippen LogP contribution in [0.15, 0.2) is 46.8 Å². The zero-order chi connectivity index (χ0) is 19.0. The zero-order valence-electron chi connectivity index (χ0n) is 14.7. The Labute approximate surface area is 157 Å². The largest absolute Gasteiger partial charge is 0.351 e. The van der Waals surface area contributed by atoms with Crippen molar-refractivity contribution in [1.82, 2.24) is 34.3 Å². The van der Waals surface area contributed by atoms with Crippen LogP contribution in [0.4, 0.5) is 0 Å². The van der Waals surface area contributed by atoms with Crippen LogP contribution in [-0.2, 0) is 11.3 Å². The fourth-order valence-corrected chi connectivity index (χ4v) is 3.46. The van der Waals surface area contributed by atoms with Gasteiger partial charge in [-0.1, -0.05) is 29.5 Å². The molecule has 1 aromatic carbocycles. The molecule has 1 amide bonds. The number of nitrogens with zero attached hydrogens (tertiary/aromatic N) is 6. The van der Waals surface area contributed by atoms with Crippen LogP contribution in [0.3, 0.4) is 0 Å². The van der Waals surface area contributed by atoms with Crippen molar-refractivity contribution in [2.75, 3.05) is 0 Å². The second kappa shape index (κ2) is 6.80. The van der Waals surface area contributed by atoms with Gasteiger partial charge in [-0.25, -0.2) is 23.5 Å². The molecule has 1 N–H and O–H groups in total. The van der Waals surface area contributed by atoms with Gasteiger partial charge in [-0.15, -0.1) is 0 Å². The van der Waals surface area contributed by atoms with Gasteiger partial charge < -0.3 is 5.32 Å². The second-order valence-corrected chi connectivity index (χ2v) is 6.89. The van der Waals surface area contributed by atoms with Crippen LogP contribution in [0.2, 0.25) is 0 Å². The molecule has 0 unspecified atom stereocenters. The van der Waals surface area contributed by atoms with Gasteiger partial charge in [0.25, 0.3) is 0 Å². The van der Waals surface area contributed by atoms with Gasteiger partial charge in [-0.2, -0.15) is 10.2 Å². The average Bonchev–Trinajstić information content (AvgIpc) is 3.30. The predicted molar refractivity (Wildman–Crippen MR) is 100.0 cm³/mol. The summed E-state index contributed by atoms with van der Waals surface area (Å²) in [5.41, 5.74) is 2.77.